The third kappa shape index (κ3) is 4.05. The molecule has 31 heavy (non-hydrogen) atoms. The third-order valence-electron chi connectivity index (χ3n) is 5.19. The Labute approximate surface area is 183 Å². The summed E-state index contributed by atoms with van der Waals surface area (Å²) in [5.74, 6) is -0.0114. The van der Waals surface area contributed by atoms with E-state index in [1.807, 2.05) is 13.8 Å². The van der Waals surface area contributed by atoms with Crippen LogP contribution in [0.5, 0.6) is 0 Å². The molecule has 2 aromatic heterocycles. The highest BCUT2D eigenvalue weighted by atomic mass is 35.5. The summed E-state index contributed by atoms with van der Waals surface area (Å²) in [5, 5.41) is 0.382. The van der Waals surface area contributed by atoms with Crippen molar-refractivity contribution in [3.63, 3.8) is 0 Å². The van der Waals surface area contributed by atoms with E-state index in [1.165, 1.54) is 27.6 Å². The fourth-order valence-electron chi connectivity index (χ4n) is 3.52. The highest BCUT2D eigenvalue weighted by molar-refractivity contribution is 6.32. The van der Waals surface area contributed by atoms with E-state index >= 15 is 0 Å². The topological polar surface area (TPSA) is 61.8 Å². The lowest BCUT2D eigenvalue weighted by atomic mass is 10.1. The van der Waals surface area contributed by atoms with E-state index in [1.54, 1.807) is 41.0 Å². The van der Waals surface area contributed by atoms with Crippen molar-refractivity contribution in [2.24, 2.45) is 5.92 Å². The Hall–Kier alpha value is -3.19. The zero-order valence-corrected chi connectivity index (χ0v) is 18.0. The summed E-state index contributed by atoms with van der Waals surface area (Å²) in [5.41, 5.74) is 0.939. The van der Waals surface area contributed by atoms with Crippen molar-refractivity contribution < 1.29 is 4.39 Å². The molecule has 0 saturated heterocycles. The molecule has 0 aliphatic carbocycles. The largest absolute Gasteiger partial charge is 0.337 e. The zero-order valence-electron chi connectivity index (χ0n) is 17.3. The smallest absolute Gasteiger partial charge is 0.320 e. The molecular weight excluding hydrogens is 419 g/mol. The van der Waals surface area contributed by atoms with Gasteiger partial charge in [-0.05, 0) is 42.2 Å². The van der Waals surface area contributed by atoms with Crippen LogP contribution in [0.3, 0.4) is 0 Å². The number of para-hydroxylation sites is 1. The molecule has 0 N–H and O–H groups in total. The number of nitrogens with zero attached hydrogens (tertiary/aromatic N) is 4. The van der Waals surface area contributed by atoms with Crippen LogP contribution in [0.2, 0.25) is 5.02 Å². The van der Waals surface area contributed by atoms with E-state index in [9.17, 15) is 14.0 Å². The van der Waals surface area contributed by atoms with E-state index in [4.69, 9.17) is 11.6 Å². The van der Waals surface area contributed by atoms with Gasteiger partial charge in [0.1, 0.15) is 5.82 Å². The van der Waals surface area contributed by atoms with E-state index < -0.39 is 11.2 Å². The summed E-state index contributed by atoms with van der Waals surface area (Å²) in [4.78, 5) is 31.1. The van der Waals surface area contributed by atoms with Gasteiger partial charge in [-0.3, -0.25) is 9.36 Å². The van der Waals surface area contributed by atoms with Gasteiger partial charge in [0.25, 0.3) is 5.56 Å². The van der Waals surface area contributed by atoms with E-state index in [0.717, 1.165) is 5.56 Å². The van der Waals surface area contributed by atoms with Gasteiger partial charge in [-0.2, -0.15) is 0 Å². The Kier molecular flexibility index (Phi) is 5.78. The molecule has 4 aromatic rings. The third-order valence-corrected chi connectivity index (χ3v) is 5.51. The maximum atomic E-state index is 13.4. The van der Waals surface area contributed by atoms with Gasteiger partial charge in [0.2, 0.25) is 0 Å². The predicted molar refractivity (Wildman–Crippen MR) is 120 cm³/mol. The molecule has 0 aliphatic rings. The van der Waals surface area contributed by atoms with Crippen LogP contribution in [0.15, 0.2) is 64.4 Å². The second-order valence-corrected chi connectivity index (χ2v) is 8.29. The summed E-state index contributed by atoms with van der Waals surface area (Å²) < 4.78 is 17.6. The average molecular weight is 441 g/mol. The molecule has 6 nitrogen and oxygen atoms in total. The second-order valence-electron chi connectivity index (χ2n) is 7.88. The first-order valence-electron chi connectivity index (χ1n) is 10.1. The Morgan fingerprint density at radius 3 is 2.45 bits per heavy atom. The maximum Gasteiger partial charge on any atom is 0.337 e. The molecule has 0 saturated carbocycles. The first-order valence-corrected chi connectivity index (χ1v) is 10.4. The molecule has 0 spiro atoms. The lowest BCUT2D eigenvalue weighted by Gasteiger charge is -2.14. The summed E-state index contributed by atoms with van der Waals surface area (Å²) in [7, 11) is 0. The highest BCUT2D eigenvalue weighted by Gasteiger charge is 2.20. The normalized spacial score (nSPS) is 11.5. The van der Waals surface area contributed by atoms with Crippen molar-refractivity contribution in [3.05, 3.63) is 92.1 Å². The van der Waals surface area contributed by atoms with Crippen molar-refractivity contribution in [2.45, 2.75) is 33.4 Å². The molecule has 160 valence electrons. The second kappa shape index (κ2) is 8.51. The molecule has 8 heteroatoms. The summed E-state index contributed by atoms with van der Waals surface area (Å²) in [6, 6.07) is 13.0. The van der Waals surface area contributed by atoms with Gasteiger partial charge in [0.05, 0.1) is 17.0 Å². The van der Waals surface area contributed by atoms with Crippen LogP contribution in [-0.2, 0) is 13.1 Å². The Bertz CT molecular complexity index is 1350. The quantitative estimate of drug-likeness (QED) is 0.450. The van der Waals surface area contributed by atoms with Crippen LogP contribution in [0.4, 0.5) is 4.39 Å². The van der Waals surface area contributed by atoms with Crippen LogP contribution in [0.1, 0.15) is 25.8 Å². The minimum absolute atomic E-state index is 0.242. The first kappa shape index (κ1) is 21.1. The molecular formula is C23H22ClFN4O2. The maximum absolute atomic E-state index is 13.4. The fourth-order valence-corrected chi connectivity index (χ4v) is 3.74. The van der Waals surface area contributed by atoms with Gasteiger partial charge in [-0.25, -0.2) is 18.7 Å². The summed E-state index contributed by atoms with van der Waals surface area (Å²) in [6.45, 7) is 4.68. The molecule has 4 rings (SSSR count). The molecule has 2 heterocycles. The number of halogens is 2. The Balaban J connectivity index is 1.97. The van der Waals surface area contributed by atoms with Crippen molar-refractivity contribution in [2.75, 3.05) is 0 Å². The van der Waals surface area contributed by atoms with E-state index in [2.05, 4.69) is 4.98 Å². The number of imidazole rings is 1. The molecule has 0 amide bonds. The number of aromatic nitrogens is 4. The van der Waals surface area contributed by atoms with Crippen molar-refractivity contribution in [1.29, 1.82) is 0 Å². The molecule has 2 aromatic carbocycles. The van der Waals surface area contributed by atoms with Crippen LogP contribution in [0, 0.1) is 11.7 Å². The van der Waals surface area contributed by atoms with Gasteiger partial charge in [0.15, 0.2) is 11.2 Å². The van der Waals surface area contributed by atoms with Crippen molar-refractivity contribution in [1.82, 2.24) is 18.7 Å². The SMILES string of the molecule is CC(C)CCn1c(=O)c2c(ncn2Cc2ccc(F)cc2)n(-c2ccccc2Cl)c1=O. The van der Waals surface area contributed by atoms with Gasteiger partial charge in [-0.1, -0.05) is 49.7 Å². The van der Waals surface area contributed by atoms with Crippen LogP contribution >= 0.6 is 11.6 Å². The minimum atomic E-state index is -0.474. The monoisotopic (exact) mass is 440 g/mol. The standard InChI is InChI=1S/C23H22ClFN4O2/c1-15(2)11-12-28-22(30)20-21(29(23(28)31)19-6-4-3-5-18(19)24)26-14-27(20)13-16-7-9-17(25)10-8-16/h3-10,14-15H,11-13H2,1-2H3. The molecule has 0 bridgehead atoms. The fraction of sp³-hybridized carbons (Fsp3) is 0.261. The lowest BCUT2D eigenvalue weighted by molar-refractivity contribution is 0.491. The number of fused-ring (bicyclic) bond motifs is 1. The van der Waals surface area contributed by atoms with Crippen molar-refractivity contribution >= 4 is 22.8 Å². The number of hydrogen-bond donors (Lipinski definition) is 0. The first-order chi connectivity index (χ1) is 14.9. The average Bonchev–Trinajstić information content (AvgIpc) is 3.14. The van der Waals surface area contributed by atoms with Gasteiger partial charge in [0, 0.05) is 13.1 Å². The van der Waals surface area contributed by atoms with E-state index in [-0.39, 0.29) is 18.0 Å². The lowest BCUT2D eigenvalue weighted by Crippen LogP contribution is -2.40. The number of hydrogen-bond acceptors (Lipinski definition) is 3. The van der Waals surface area contributed by atoms with Crippen LogP contribution in [0.25, 0.3) is 16.9 Å². The molecule has 0 unspecified atom stereocenters. The molecule has 0 atom stereocenters. The Morgan fingerprint density at radius 2 is 1.77 bits per heavy atom. The van der Waals surface area contributed by atoms with Crippen LogP contribution in [-0.4, -0.2) is 18.7 Å². The van der Waals surface area contributed by atoms with Gasteiger partial charge >= 0.3 is 5.69 Å². The van der Waals surface area contributed by atoms with Crippen LogP contribution < -0.4 is 11.2 Å². The van der Waals surface area contributed by atoms with Gasteiger partial charge < -0.3 is 4.57 Å². The van der Waals surface area contributed by atoms with E-state index in [0.29, 0.717) is 35.1 Å². The number of benzene rings is 2. The zero-order chi connectivity index (χ0) is 22.1. The molecule has 0 aliphatic heterocycles. The summed E-state index contributed by atoms with van der Waals surface area (Å²) >= 11 is 6.38. The predicted octanol–water partition coefficient (Wildman–Crippen LogP) is 4.24. The minimum Gasteiger partial charge on any atom is -0.320 e. The highest BCUT2D eigenvalue weighted by Crippen LogP contribution is 2.21. The Morgan fingerprint density at radius 1 is 1.06 bits per heavy atom. The van der Waals surface area contributed by atoms with Gasteiger partial charge in [-0.15, -0.1) is 0 Å². The molecule has 0 fully saturated rings. The molecule has 0 radical (unpaired) electrons. The summed E-state index contributed by atoms with van der Waals surface area (Å²) in [6.07, 6.45) is 2.20. The van der Waals surface area contributed by atoms with Crippen molar-refractivity contribution in [3.8, 4) is 5.69 Å². The number of rotatable bonds is 6.